The molecule has 0 radical (unpaired) electrons. The standard InChI is InChI=1S/C30H35N3O3/c1-35-29-12-11-25(20-30(29)36-27-9-5-6-10-27)32-17-18-33(28(22-34)24-13-15-31-16-14-24)26(21-32)19-23-7-3-2-4-8-23/h2-4,7-8,11-16,20,22,26-28H,5-6,9-10,17-19,21H2,1H3/t26?,28-/m1/s1. The Kier molecular flexibility index (Phi) is 7.82. The van der Waals surface area contributed by atoms with Crippen LogP contribution in [-0.2, 0) is 11.2 Å². The molecule has 188 valence electrons. The molecule has 1 unspecified atom stereocenters. The van der Waals surface area contributed by atoms with Crippen LogP contribution < -0.4 is 14.4 Å². The van der Waals surface area contributed by atoms with E-state index in [0.29, 0.717) is 0 Å². The van der Waals surface area contributed by atoms with E-state index < -0.39 is 0 Å². The van der Waals surface area contributed by atoms with Crippen molar-refractivity contribution < 1.29 is 14.3 Å². The maximum Gasteiger partial charge on any atom is 0.163 e. The average Bonchev–Trinajstić information content (AvgIpc) is 3.44. The maximum atomic E-state index is 12.3. The molecule has 1 aromatic heterocycles. The molecule has 0 spiro atoms. The summed E-state index contributed by atoms with van der Waals surface area (Å²) in [6, 6.07) is 20.6. The zero-order valence-corrected chi connectivity index (χ0v) is 21.0. The Labute approximate surface area is 213 Å². The van der Waals surface area contributed by atoms with Crippen molar-refractivity contribution in [2.24, 2.45) is 0 Å². The number of piperazine rings is 1. The van der Waals surface area contributed by atoms with Crippen molar-refractivity contribution in [3.8, 4) is 11.5 Å². The van der Waals surface area contributed by atoms with Gasteiger partial charge in [0.2, 0.25) is 0 Å². The SMILES string of the molecule is COc1ccc(N2CCN([C@H](C=O)c3ccncc3)C(Cc3ccccc3)C2)cc1OC1CCCC1. The number of rotatable bonds is 9. The van der Waals surface area contributed by atoms with E-state index in [1.165, 1.54) is 18.4 Å². The smallest absolute Gasteiger partial charge is 0.163 e. The number of aromatic nitrogens is 1. The first-order chi connectivity index (χ1) is 17.7. The number of nitrogens with zero attached hydrogens (tertiary/aromatic N) is 3. The number of pyridine rings is 1. The number of aldehydes is 1. The molecule has 2 atom stereocenters. The molecule has 1 saturated carbocycles. The average molecular weight is 486 g/mol. The second-order valence-corrected chi connectivity index (χ2v) is 9.75. The van der Waals surface area contributed by atoms with Gasteiger partial charge in [-0.2, -0.15) is 0 Å². The Hall–Kier alpha value is -3.38. The summed E-state index contributed by atoms with van der Waals surface area (Å²) in [4.78, 5) is 21.2. The Morgan fingerprint density at radius 3 is 2.50 bits per heavy atom. The normalized spacial score (nSPS) is 19.7. The lowest BCUT2D eigenvalue weighted by atomic mass is 9.97. The minimum Gasteiger partial charge on any atom is -0.493 e. The monoisotopic (exact) mass is 485 g/mol. The molecule has 5 rings (SSSR count). The summed E-state index contributed by atoms with van der Waals surface area (Å²) >= 11 is 0. The van der Waals surface area contributed by atoms with E-state index in [9.17, 15) is 4.79 Å². The molecule has 0 N–H and O–H groups in total. The molecule has 1 aliphatic heterocycles. The molecular formula is C30H35N3O3. The van der Waals surface area contributed by atoms with Gasteiger partial charge in [-0.1, -0.05) is 30.3 Å². The van der Waals surface area contributed by atoms with Crippen LogP contribution in [0.5, 0.6) is 11.5 Å². The van der Waals surface area contributed by atoms with E-state index in [1.807, 2.05) is 24.3 Å². The summed E-state index contributed by atoms with van der Waals surface area (Å²) in [6.45, 7) is 2.43. The summed E-state index contributed by atoms with van der Waals surface area (Å²) in [5, 5.41) is 0. The summed E-state index contributed by atoms with van der Waals surface area (Å²) in [5.74, 6) is 1.61. The van der Waals surface area contributed by atoms with E-state index in [2.05, 4.69) is 51.2 Å². The number of carbonyl (C=O) groups excluding carboxylic acids is 1. The van der Waals surface area contributed by atoms with Gasteiger partial charge in [0.25, 0.3) is 0 Å². The highest BCUT2D eigenvalue weighted by Crippen LogP contribution is 2.36. The first-order valence-electron chi connectivity index (χ1n) is 13.0. The van der Waals surface area contributed by atoms with Crippen LogP contribution in [0.1, 0.15) is 42.9 Å². The van der Waals surface area contributed by atoms with Crippen molar-refractivity contribution in [3.63, 3.8) is 0 Å². The zero-order valence-electron chi connectivity index (χ0n) is 21.0. The highest BCUT2D eigenvalue weighted by Gasteiger charge is 2.33. The van der Waals surface area contributed by atoms with Crippen LogP contribution in [0.4, 0.5) is 5.69 Å². The predicted octanol–water partition coefficient (Wildman–Crippen LogP) is 5.09. The number of hydrogen-bond donors (Lipinski definition) is 0. The lowest BCUT2D eigenvalue weighted by Crippen LogP contribution is -2.55. The number of ether oxygens (including phenoxy) is 2. The first-order valence-corrected chi connectivity index (χ1v) is 13.0. The fraction of sp³-hybridized carbons (Fsp3) is 0.400. The van der Waals surface area contributed by atoms with Crippen LogP contribution >= 0.6 is 0 Å². The third kappa shape index (κ3) is 5.54. The molecule has 6 nitrogen and oxygen atoms in total. The highest BCUT2D eigenvalue weighted by atomic mass is 16.5. The quantitative estimate of drug-likeness (QED) is 0.394. The van der Waals surface area contributed by atoms with Gasteiger partial charge in [0, 0.05) is 49.8 Å². The Balaban J connectivity index is 1.40. The van der Waals surface area contributed by atoms with Crippen LogP contribution in [0.3, 0.4) is 0 Å². The number of anilines is 1. The first kappa shape index (κ1) is 24.3. The molecule has 2 aliphatic rings. The van der Waals surface area contributed by atoms with Gasteiger partial charge in [-0.25, -0.2) is 0 Å². The molecule has 3 aromatic rings. The largest absolute Gasteiger partial charge is 0.493 e. The van der Waals surface area contributed by atoms with E-state index in [-0.39, 0.29) is 18.2 Å². The highest BCUT2D eigenvalue weighted by molar-refractivity contribution is 5.62. The number of hydrogen-bond acceptors (Lipinski definition) is 6. The van der Waals surface area contributed by atoms with Crippen LogP contribution in [0.25, 0.3) is 0 Å². The van der Waals surface area contributed by atoms with Crippen LogP contribution in [-0.4, -0.2) is 55.1 Å². The number of benzene rings is 2. The van der Waals surface area contributed by atoms with Crippen LogP contribution in [0.2, 0.25) is 0 Å². The van der Waals surface area contributed by atoms with Gasteiger partial charge >= 0.3 is 0 Å². The van der Waals surface area contributed by atoms with Gasteiger partial charge in [-0.15, -0.1) is 0 Å². The summed E-state index contributed by atoms with van der Waals surface area (Å²) in [5.41, 5.74) is 3.39. The fourth-order valence-electron chi connectivity index (χ4n) is 5.59. The molecule has 0 bridgehead atoms. The lowest BCUT2D eigenvalue weighted by Gasteiger charge is -2.45. The van der Waals surface area contributed by atoms with E-state index in [0.717, 1.165) is 67.9 Å². The summed E-state index contributed by atoms with van der Waals surface area (Å²) in [6.07, 6.45) is 10.4. The number of methoxy groups -OCH3 is 1. The van der Waals surface area contributed by atoms with Crippen molar-refractivity contribution in [3.05, 3.63) is 84.2 Å². The second kappa shape index (κ2) is 11.6. The molecule has 36 heavy (non-hydrogen) atoms. The minimum absolute atomic E-state index is 0.172. The van der Waals surface area contributed by atoms with Crippen molar-refractivity contribution in [2.45, 2.75) is 50.3 Å². The molecular weight excluding hydrogens is 450 g/mol. The predicted molar refractivity (Wildman–Crippen MR) is 142 cm³/mol. The van der Waals surface area contributed by atoms with Gasteiger partial charge in [-0.05, 0) is 67.5 Å². The van der Waals surface area contributed by atoms with E-state index in [1.54, 1.807) is 19.5 Å². The van der Waals surface area contributed by atoms with Crippen LogP contribution in [0, 0.1) is 0 Å². The van der Waals surface area contributed by atoms with Gasteiger partial charge in [0.15, 0.2) is 11.5 Å². The molecule has 2 heterocycles. The van der Waals surface area contributed by atoms with Crippen LogP contribution in [0.15, 0.2) is 73.1 Å². The molecule has 0 amide bonds. The Morgan fingerprint density at radius 2 is 1.78 bits per heavy atom. The fourth-order valence-corrected chi connectivity index (χ4v) is 5.59. The van der Waals surface area contributed by atoms with Gasteiger partial charge in [0.05, 0.1) is 19.3 Å². The van der Waals surface area contributed by atoms with Gasteiger partial charge in [-0.3, -0.25) is 9.88 Å². The third-order valence-electron chi connectivity index (χ3n) is 7.48. The van der Waals surface area contributed by atoms with Gasteiger partial charge in [0.1, 0.15) is 6.29 Å². The van der Waals surface area contributed by atoms with Crippen molar-refractivity contribution in [2.75, 3.05) is 31.6 Å². The minimum atomic E-state index is -0.291. The van der Waals surface area contributed by atoms with Crippen molar-refractivity contribution in [1.82, 2.24) is 9.88 Å². The second-order valence-electron chi connectivity index (χ2n) is 9.75. The molecule has 6 heteroatoms. The van der Waals surface area contributed by atoms with E-state index in [4.69, 9.17) is 9.47 Å². The molecule has 2 aromatic carbocycles. The maximum absolute atomic E-state index is 12.3. The molecule has 1 saturated heterocycles. The van der Waals surface area contributed by atoms with Crippen molar-refractivity contribution in [1.29, 1.82) is 0 Å². The van der Waals surface area contributed by atoms with E-state index >= 15 is 0 Å². The topological polar surface area (TPSA) is 54.9 Å². The zero-order chi connectivity index (χ0) is 24.7. The molecule has 1 aliphatic carbocycles. The third-order valence-corrected chi connectivity index (χ3v) is 7.48. The molecule has 2 fully saturated rings. The summed E-state index contributed by atoms with van der Waals surface area (Å²) in [7, 11) is 1.70. The van der Waals surface area contributed by atoms with Crippen molar-refractivity contribution >= 4 is 12.0 Å². The summed E-state index contributed by atoms with van der Waals surface area (Å²) < 4.78 is 12.0. The Morgan fingerprint density at radius 1 is 1.00 bits per heavy atom. The van der Waals surface area contributed by atoms with Gasteiger partial charge < -0.3 is 19.2 Å². The Bertz CT molecular complexity index is 1120. The lowest BCUT2D eigenvalue weighted by molar-refractivity contribution is -0.113. The number of carbonyl (C=O) groups is 1.